The Morgan fingerprint density at radius 3 is 2.92 bits per heavy atom. The molecule has 13 heavy (non-hydrogen) atoms. The van der Waals surface area contributed by atoms with Crippen LogP contribution in [-0.4, -0.2) is 12.3 Å². The summed E-state index contributed by atoms with van der Waals surface area (Å²) < 4.78 is 4.74. The number of rotatable bonds is 1. The average Bonchev–Trinajstić information content (AvgIpc) is 2.42. The van der Waals surface area contributed by atoms with E-state index in [9.17, 15) is 9.59 Å². The monoisotopic (exact) mass is 196 g/mol. The van der Waals surface area contributed by atoms with Crippen molar-refractivity contribution in [1.82, 2.24) is 0 Å². The van der Waals surface area contributed by atoms with E-state index in [-0.39, 0.29) is 0 Å². The van der Waals surface area contributed by atoms with Gasteiger partial charge in [0.1, 0.15) is 6.29 Å². The number of fused-ring (bicyclic) bond motifs is 1. The van der Waals surface area contributed by atoms with Gasteiger partial charge in [0, 0.05) is 11.1 Å². The van der Waals surface area contributed by atoms with Crippen LogP contribution in [0.25, 0.3) is 0 Å². The minimum Gasteiger partial charge on any atom is -0.438 e. The molecule has 1 aromatic carbocycles. The van der Waals surface area contributed by atoms with Crippen molar-refractivity contribution in [2.24, 2.45) is 0 Å². The lowest BCUT2D eigenvalue weighted by Crippen LogP contribution is -1.93. The van der Waals surface area contributed by atoms with Crippen LogP contribution in [0.15, 0.2) is 18.2 Å². The molecule has 0 N–H and O–H groups in total. The van der Waals surface area contributed by atoms with Crippen LogP contribution in [0.1, 0.15) is 31.8 Å². The number of hydrogen-bond acceptors (Lipinski definition) is 3. The minimum absolute atomic E-state index is 0.436. The molecule has 0 fully saturated rings. The summed E-state index contributed by atoms with van der Waals surface area (Å²) in [4.78, 5) is 21.5. The molecule has 0 saturated heterocycles. The van der Waals surface area contributed by atoms with Crippen molar-refractivity contribution in [2.45, 2.75) is 5.56 Å². The second-order valence-corrected chi connectivity index (χ2v) is 3.08. The second kappa shape index (κ2) is 2.85. The van der Waals surface area contributed by atoms with Gasteiger partial charge in [-0.25, -0.2) is 4.79 Å². The summed E-state index contributed by atoms with van der Waals surface area (Å²) in [5.74, 6) is -0.438. The second-order valence-electron chi connectivity index (χ2n) is 2.69. The summed E-state index contributed by atoms with van der Waals surface area (Å²) >= 11 is 5.71. The van der Waals surface area contributed by atoms with Crippen LogP contribution in [0.2, 0.25) is 0 Å². The van der Waals surface area contributed by atoms with Gasteiger partial charge < -0.3 is 4.74 Å². The maximum atomic E-state index is 11.1. The van der Waals surface area contributed by atoms with E-state index in [1.165, 1.54) is 0 Å². The van der Waals surface area contributed by atoms with Crippen molar-refractivity contribution in [2.75, 3.05) is 0 Å². The first-order valence-corrected chi connectivity index (χ1v) is 4.10. The lowest BCUT2D eigenvalue weighted by Gasteiger charge is -1.99. The van der Waals surface area contributed by atoms with Crippen molar-refractivity contribution < 1.29 is 14.3 Å². The van der Waals surface area contributed by atoms with E-state index in [0.717, 1.165) is 0 Å². The molecule has 1 aliphatic rings. The molecule has 0 bridgehead atoms. The maximum Gasteiger partial charge on any atom is 0.340 e. The van der Waals surface area contributed by atoms with Gasteiger partial charge in [0.15, 0.2) is 0 Å². The van der Waals surface area contributed by atoms with Crippen LogP contribution in [0.3, 0.4) is 0 Å². The average molecular weight is 197 g/mol. The molecule has 1 heterocycles. The van der Waals surface area contributed by atoms with E-state index in [2.05, 4.69) is 0 Å². The predicted octanol–water partition coefficient (Wildman–Crippen LogP) is 1.91. The van der Waals surface area contributed by atoms with Gasteiger partial charge in [-0.15, -0.1) is 0 Å². The molecule has 1 atom stereocenters. The first-order valence-electron chi connectivity index (χ1n) is 3.66. The fraction of sp³-hybridized carbons (Fsp3) is 0.111. The quantitative estimate of drug-likeness (QED) is 0.392. The number of ether oxygens (including phenoxy) is 1. The molecule has 0 aromatic heterocycles. The van der Waals surface area contributed by atoms with E-state index in [0.29, 0.717) is 23.0 Å². The number of cyclic esters (lactones) is 1. The van der Waals surface area contributed by atoms with Crippen molar-refractivity contribution in [3.05, 3.63) is 34.9 Å². The van der Waals surface area contributed by atoms with Gasteiger partial charge >= 0.3 is 5.97 Å². The highest BCUT2D eigenvalue weighted by Gasteiger charge is 2.29. The van der Waals surface area contributed by atoms with Gasteiger partial charge in [0.2, 0.25) is 5.56 Å². The maximum absolute atomic E-state index is 11.1. The van der Waals surface area contributed by atoms with Crippen LogP contribution >= 0.6 is 11.6 Å². The molecule has 1 aromatic rings. The van der Waals surface area contributed by atoms with Gasteiger partial charge in [-0.2, -0.15) is 0 Å². The van der Waals surface area contributed by atoms with Crippen LogP contribution in [0.4, 0.5) is 0 Å². The number of alkyl halides is 1. The standard InChI is InChI=1S/C9H5ClO3/c10-8-7-3-5(4-11)1-2-6(7)9(12)13-8/h1-4,8H. The molecule has 1 aliphatic heterocycles. The van der Waals surface area contributed by atoms with Crippen LogP contribution in [-0.2, 0) is 4.74 Å². The lowest BCUT2D eigenvalue weighted by atomic mass is 10.1. The Morgan fingerprint density at radius 1 is 1.46 bits per heavy atom. The number of carbonyl (C=O) groups excluding carboxylic acids is 2. The largest absolute Gasteiger partial charge is 0.438 e. The molecular formula is C9H5ClO3. The summed E-state index contributed by atoms with van der Waals surface area (Å²) in [5.41, 5.74) is 0.729. The van der Waals surface area contributed by atoms with Crippen molar-refractivity contribution in [3.63, 3.8) is 0 Å². The van der Waals surface area contributed by atoms with Gasteiger partial charge in [0.25, 0.3) is 0 Å². The van der Waals surface area contributed by atoms with Gasteiger partial charge in [0.05, 0.1) is 5.56 Å². The minimum atomic E-state index is -0.762. The number of hydrogen-bond donors (Lipinski definition) is 0. The third kappa shape index (κ3) is 1.21. The van der Waals surface area contributed by atoms with Gasteiger partial charge in [-0.1, -0.05) is 17.7 Å². The molecule has 3 nitrogen and oxygen atoms in total. The smallest absolute Gasteiger partial charge is 0.340 e. The zero-order valence-corrected chi connectivity index (χ0v) is 7.25. The van der Waals surface area contributed by atoms with Crippen molar-refractivity contribution >= 4 is 23.9 Å². The summed E-state index contributed by atoms with van der Waals surface area (Å²) in [6.45, 7) is 0. The zero-order valence-electron chi connectivity index (χ0n) is 6.49. The number of halogens is 1. The molecule has 0 saturated carbocycles. The number of aldehydes is 1. The molecule has 0 spiro atoms. The fourth-order valence-corrected chi connectivity index (χ4v) is 1.51. The summed E-state index contributed by atoms with van der Waals surface area (Å²) in [5, 5.41) is 0. The molecule has 0 amide bonds. The fourth-order valence-electron chi connectivity index (χ4n) is 1.25. The Bertz CT molecular complexity index is 386. The molecule has 1 unspecified atom stereocenters. The molecule has 2 rings (SSSR count). The molecule has 0 radical (unpaired) electrons. The lowest BCUT2D eigenvalue weighted by molar-refractivity contribution is 0.0513. The summed E-state index contributed by atoms with van der Waals surface area (Å²) in [6, 6.07) is 4.66. The van der Waals surface area contributed by atoms with E-state index in [4.69, 9.17) is 16.3 Å². The van der Waals surface area contributed by atoms with E-state index in [1.54, 1.807) is 18.2 Å². The number of carbonyl (C=O) groups is 2. The highest BCUT2D eigenvalue weighted by Crippen LogP contribution is 2.33. The van der Waals surface area contributed by atoms with Crippen LogP contribution in [0.5, 0.6) is 0 Å². The first kappa shape index (κ1) is 8.26. The normalized spacial score (nSPS) is 19.5. The Morgan fingerprint density at radius 2 is 2.23 bits per heavy atom. The summed E-state index contributed by atoms with van der Waals surface area (Å²) in [7, 11) is 0. The molecule has 0 aliphatic carbocycles. The van der Waals surface area contributed by atoms with Gasteiger partial charge in [-0.3, -0.25) is 4.79 Å². The molecular weight excluding hydrogens is 192 g/mol. The molecule has 4 heteroatoms. The number of esters is 1. The predicted molar refractivity (Wildman–Crippen MR) is 45.8 cm³/mol. The Kier molecular flexibility index (Phi) is 1.81. The highest BCUT2D eigenvalue weighted by atomic mass is 35.5. The van der Waals surface area contributed by atoms with Crippen molar-refractivity contribution in [3.8, 4) is 0 Å². The summed E-state index contributed by atoms with van der Waals surface area (Å²) in [6.07, 6.45) is 0.701. The van der Waals surface area contributed by atoms with E-state index < -0.39 is 11.5 Å². The van der Waals surface area contributed by atoms with Gasteiger partial charge in [-0.05, 0) is 12.1 Å². The van der Waals surface area contributed by atoms with E-state index in [1.807, 2.05) is 0 Å². The van der Waals surface area contributed by atoms with Crippen molar-refractivity contribution in [1.29, 1.82) is 0 Å². The third-order valence-corrected chi connectivity index (χ3v) is 2.21. The SMILES string of the molecule is O=Cc1ccc2c(c1)C(Cl)OC2=O. The zero-order chi connectivity index (χ0) is 9.42. The Balaban J connectivity index is 2.58. The van der Waals surface area contributed by atoms with E-state index >= 15 is 0 Å². The molecule has 66 valence electrons. The Hall–Kier alpha value is -1.35. The third-order valence-electron chi connectivity index (χ3n) is 1.89. The Labute approximate surface area is 79.3 Å². The first-order chi connectivity index (χ1) is 6.22. The topological polar surface area (TPSA) is 43.4 Å². The van der Waals surface area contributed by atoms with Crippen LogP contribution in [0, 0.1) is 0 Å². The highest BCUT2D eigenvalue weighted by molar-refractivity contribution is 6.22. The number of benzene rings is 1. The van der Waals surface area contributed by atoms with Crippen LogP contribution < -0.4 is 0 Å².